The van der Waals surface area contributed by atoms with Crippen LogP contribution in [0.1, 0.15) is 41.4 Å². The fourth-order valence-corrected chi connectivity index (χ4v) is 2.10. The summed E-state index contributed by atoms with van der Waals surface area (Å²) in [6.45, 7) is 1.49. The highest BCUT2D eigenvalue weighted by atomic mass is 16.4. The van der Waals surface area contributed by atoms with E-state index in [2.05, 4.69) is 5.32 Å². The summed E-state index contributed by atoms with van der Waals surface area (Å²) in [5.74, 6) is -0.870. The second kappa shape index (κ2) is 5.17. The van der Waals surface area contributed by atoms with Gasteiger partial charge >= 0.3 is 5.63 Å². The molecule has 1 aromatic heterocycles. The van der Waals surface area contributed by atoms with Gasteiger partial charge in [0.05, 0.1) is 12.0 Å². The van der Waals surface area contributed by atoms with Gasteiger partial charge in [-0.3, -0.25) is 14.9 Å². The molecular weight excluding hydrogens is 250 g/mol. The Labute approximate surface area is 108 Å². The molecular formula is C13H13NO5. The Morgan fingerprint density at radius 2 is 2.11 bits per heavy atom. The topological polar surface area (TPSA) is 93.4 Å². The molecule has 0 spiro atoms. The number of rotatable bonds is 4. The summed E-state index contributed by atoms with van der Waals surface area (Å²) in [4.78, 5) is 45.3. The largest absolute Gasteiger partial charge is 0.426 e. The Morgan fingerprint density at radius 1 is 1.37 bits per heavy atom. The molecule has 19 heavy (non-hydrogen) atoms. The van der Waals surface area contributed by atoms with Crippen molar-refractivity contribution in [1.82, 2.24) is 5.32 Å². The standard InChI is InChI=1S/C13H13NO5/c1-7(15)3-2-4-8-5-11(17)19-9-6-10(16)14-13(18)12(8)9/h5H,2-4,6H2,1H3,(H,14,16,18). The van der Waals surface area contributed by atoms with Gasteiger partial charge < -0.3 is 9.21 Å². The highest BCUT2D eigenvalue weighted by Gasteiger charge is 2.27. The average molecular weight is 263 g/mol. The zero-order chi connectivity index (χ0) is 14.0. The van der Waals surface area contributed by atoms with Gasteiger partial charge in [-0.1, -0.05) is 0 Å². The lowest BCUT2D eigenvalue weighted by molar-refractivity contribution is -0.120. The molecule has 0 saturated heterocycles. The number of Topliss-reactive ketones (excluding diaryl/α,β-unsaturated/α-hetero) is 1. The minimum absolute atomic E-state index is 0.0523. The Morgan fingerprint density at radius 3 is 2.79 bits per heavy atom. The molecule has 0 radical (unpaired) electrons. The minimum Gasteiger partial charge on any atom is -0.426 e. The molecule has 0 fully saturated rings. The predicted molar refractivity (Wildman–Crippen MR) is 64.8 cm³/mol. The molecule has 0 unspecified atom stereocenters. The molecule has 0 aliphatic carbocycles. The second-order valence-electron chi connectivity index (χ2n) is 4.50. The van der Waals surface area contributed by atoms with Gasteiger partial charge in [-0.25, -0.2) is 4.79 Å². The van der Waals surface area contributed by atoms with Crippen molar-refractivity contribution in [1.29, 1.82) is 0 Å². The van der Waals surface area contributed by atoms with E-state index in [1.54, 1.807) is 0 Å². The van der Waals surface area contributed by atoms with E-state index in [-0.39, 0.29) is 23.5 Å². The molecule has 1 aliphatic heterocycles. The van der Waals surface area contributed by atoms with E-state index in [0.717, 1.165) is 0 Å². The Hall–Kier alpha value is -2.24. The molecule has 6 heteroatoms. The van der Waals surface area contributed by atoms with E-state index in [0.29, 0.717) is 24.8 Å². The maximum atomic E-state index is 11.8. The molecule has 100 valence electrons. The van der Waals surface area contributed by atoms with Crippen LogP contribution in [0.25, 0.3) is 0 Å². The second-order valence-corrected chi connectivity index (χ2v) is 4.50. The quantitative estimate of drug-likeness (QED) is 0.792. The molecule has 2 amide bonds. The molecule has 1 aromatic rings. The van der Waals surface area contributed by atoms with Crippen LogP contribution in [0.15, 0.2) is 15.3 Å². The minimum atomic E-state index is -0.584. The third-order valence-corrected chi connectivity index (χ3v) is 2.89. The number of carbonyl (C=O) groups excluding carboxylic acids is 3. The van der Waals surface area contributed by atoms with Crippen LogP contribution in [-0.2, 0) is 22.4 Å². The Balaban J connectivity index is 2.33. The summed E-state index contributed by atoms with van der Waals surface area (Å²) in [6.07, 6.45) is 1.24. The van der Waals surface area contributed by atoms with Gasteiger partial charge in [0, 0.05) is 12.5 Å². The first-order valence-corrected chi connectivity index (χ1v) is 5.97. The van der Waals surface area contributed by atoms with Crippen molar-refractivity contribution in [3.8, 4) is 0 Å². The van der Waals surface area contributed by atoms with E-state index < -0.39 is 17.4 Å². The Bertz CT molecular complexity index is 614. The number of hydrogen-bond donors (Lipinski definition) is 1. The molecule has 6 nitrogen and oxygen atoms in total. The van der Waals surface area contributed by atoms with Crippen LogP contribution < -0.4 is 10.9 Å². The van der Waals surface area contributed by atoms with Gasteiger partial charge in [0.1, 0.15) is 11.5 Å². The lowest BCUT2D eigenvalue weighted by atomic mass is 9.97. The van der Waals surface area contributed by atoms with Crippen molar-refractivity contribution in [3.63, 3.8) is 0 Å². The van der Waals surface area contributed by atoms with Crippen LogP contribution >= 0.6 is 0 Å². The number of aryl methyl sites for hydroxylation is 1. The van der Waals surface area contributed by atoms with Crippen molar-refractivity contribution < 1.29 is 18.8 Å². The first-order valence-electron chi connectivity index (χ1n) is 5.97. The monoisotopic (exact) mass is 263 g/mol. The number of fused-ring (bicyclic) bond motifs is 1. The van der Waals surface area contributed by atoms with Crippen molar-refractivity contribution in [2.45, 2.75) is 32.6 Å². The summed E-state index contributed by atoms with van der Waals surface area (Å²) in [5, 5.41) is 2.19. The molecule has 0 bridgehead atoms. The van der Waals surface area contributed by atoms with E-state index >= 15 is 0 Å². The normalized spacial score (nSPS) is 13.9. The molecule has 1 aliphatic rings. The smallest absolute Gasteiger partial charge is 0.336 e. The van der Waals surface area contributed by atoms with Crippen LogP contribution in [-0.4, -0.2) is 17.6 Å². The summed E-state index contributed by atoms with van der Waals surface area (Å²) >= 11 is 0. The van der Waals surface area contributed by atoms with Crippen molar-refractivity contribution in [3.05, 3.63) is 33.4 Å². The maximum Gasteiger partial charge on any atom is 0.336 e. The van der Waals surface area contributed by atoms with E-state index in [4.69, 9.17) is 4.42 Å². The summed E-state index contributed by atoms with van der Waals surface area (Å²) < 4.78 is 4.90. The fraction of sp³-hybridized carbons (Fsp3) is 0.385. The van der Waals surface area contributed by atoms with Crippen molar-refractivity contribution >= 4 is 17.6 Å². The molecule has 0 aromatic carbocycles. The van der Waals surface area contributed by atoms with Crippen LogP contribution in [0.4, 0.5) is 0 Å². The zero-order valence-corrected chi connectivity index (χ0v) is 10.4. The zero-order valence-electron chi connectivity index (χ0n) is 10.4. The number of amides is 2. The van der Waals surface area contributed by atoms with Gasteiger partial charge in [-0.05, 0) is 25.3 Å². The number of imide groups is 1. The van der Waals surface area contributed by atoms with Crippen LogP contribution in [0.3, 0.4) is 0 Å². The van der Waals surface area contributed by atoms with Crippen LogP contribution in [0.5, 0.6) is 0 Å². The van der Waals surface area contributed by atoms with Crippen LogP contribution in [0.2, 0.25) is 0 Å². The molecule has 0 atom stereocenters. The van der Waals surface area contributed by atoms with E-state index in [9.17, 15) is 19.2 Å². The van der Waals surface area contributed by atoms with E-state index in [1.165, 1.54) is 13.0 Å². The first kappa shape index (κ1) is 13.2. The molecule has 2 rings (SSSR count). The number of carbonyl (C=O) groups is 3. The van der Waals surface area contributed by atoms with Gasteiger partial charge in [-0.15, -0.1) is 0 Å². The first-order chi connectivity index (χ1) is 8.97. The number of hydrogen-bond acceptors (Lipinski definition) is 5. The van der Waals surface area contributed by atoms with Gasteiger partial charge in [0.2, 0.25) is 5.91 Å². The molecule has 2 heterocycles. The highest BCUT2D eigenvalue weighted by molar-refractivity contribution is 6.09. The SMILES string of the molecule is CC(=O)CCCc1cc(=O)oc2c1C(=O)NC(=O)C2. The van der Waals surface area contributed by atoms with Crippen molar-refractivity contribution in [2.24, 2.45) is 0 Å². The van der Waals surface area contributed by atoms with Gasteiger partial charge in [0.15, 0.2) is 0 Å². The third kappa shape index (κ3) is 2.96. The van der Waals surface area contributed by atoms with Crippen molar-refractivity contribution in [2.75, 3.05) is 0 Å². The number of nitrogens with one attached hydrogen (secondary N) is 1. The highest BCUT2D eigenvalue weighted by Crippen LogP contribution is 2.19. The van der Waals surface area contributed by atoms with Gasteiger partial charge in [-0.2, -0.15) is 0 Å². The summed E-state index contributed by atoms with van der Waals surface area (Å²) in [6, 6.07) is 1.24. The van der Waals surface area contributed by atoms with Gasteiger partial charge in [0.25, 0.3) is 5.91 Å². The lowest BCUT2D eigenvalue weighted by Gasteiger charge is -2.16. The molecule has 1 N–H and O–H groups in total. The maximum absolute atomic E-state index is 11.8. The summed E-state index contributed by atoms with van der Waals surface area (Å²) in [5.41, 5.74) is 0.194. The average Bonchev–Trinajstić information content (AvgIpc) is 2.26. The lowest BCUT2D eigenvalue weighted by Crippen LogP contribution is -2.38. The number of ketones is 1. The third-order valence-electron chi connectivity index (χ3n) is 2.89. The Kier molecular flexibility index (Phi) is 3.59. The van der Waals surface area contributed by atoms with Crippen LogP contribution in [0, 0.1) is 0 Å². The predicted octanol–water partition coefficient (Wildman–Crippen LogP) is 0.364. The fourth-order valence-electron chi connectivity index (χ4n) is 2.10. The summed E-state index contributed by atoms with van der Waals surface area (Å²) in [7, 11) is 0. The van der Waals surface area contributed by atoms with E-state index in [1.807, 2.05) is 0 Å². The molecule has 0 saturated carbocycles.